The first-order valence-electron chi connectivity index (χ1n) is 8.05. The number of fused-ring (bicyclic) bond motifs is 2. The van der Waals surface area contributed by atoms with Gasteiger partial charge in [0.15, 0.2) is 17.9 Å². The van der Waals surface area contributed by atoms with Gasteiger partial charge in [0.2, 0.25) is 0 Å². The van der Waals surface area contributed by atoms with Crippen LogP contribution in [0.1, 0.15) is 54.7 Å². The minimum Gasteiger partial charge on any atom is -0.496 e. The van der Waals surface area contributed by atoms with Crippen molar-refractivity contribution in [3.8, 4) is 11.5 Å². The number of ether oxygens (including phenoxy) is 2. The highest BCUT2D eigenvalue weighted by Crippen LogP contribution is 2.44. The first kappa shape index (κ1) is 17.6. The van der Waals surface area contributed by atoms with Gasteiger partial charge in [-0.25, -0.2) is 0 Å². The highest BCUT2D eigenvalue weighted by Gasteiger charge is 2.38. The first-order chi connectivity index (χ1) is 12.5. The molecule has 0 saturated heterocycles. The van der Waals surface area contributed by atoms with Crippen molar-refractivity contribution in [3.05, 3.63) is 69.8 Å². The normalized spacial score (nSPS) is 12.3. The number of rotatable bonds is 5. The summed E-state index contributed by atoms with van der Waals surface area (Å²) in [6, 6.07) is 6.59. The fraction of sp³-hybridized carbons (Fsp3) is 0.190. The van der Waals surface area contributed by atoms with Gasteiger partial charge in [-0.15, -0.1) is 0 Å². The Morgan fingerprint density at radius 1 is 1.00 bits per heavy atom. The number of hydrogen-bond acceptors (Lipinski definition) is 5. The summed E-state index contributed by atoms with van der Waals surface area (Å²) in [5.41, 5.74) is 2.28. The van der Waals surface area contributed by atoms with Gasteiger partial charge in [0, 0.05) is 16.7 Å². The molecular weight excluding hydrogens is 332 g/mol. The monoisotopic (exact) mass is 350 g/mol. The Morgan fingerprint density at radius 2 is 1.50 bits per heavy atom. The van der Waals surface area contributed by atoms with Gasteiger partial charge < -0.3 is 9.47 Å². The molecule has 0 bridgehead atoms. The quantitative estimate of drug-likeness (QED) is 0.521. The summed E-state index contributed by atoms with van der Waals surface area (Å²) in [7, 11) is 2.79. The van der Waals surface area contributed by atoms with E-state index in [1.807, 2.05) is 6.92 Å². The second kappa shape index (κ2) is 6.59. The minimum atomic E-state index is -0.365. The summed E-state index contributed by atoms with van der Waals surface area (Å²) in [5.74, 6) is -0.375. The van der Waals surface area contributed by atoms with Crippen LogP contribution in [0.15, 0.2) is 36.4 Å². The molecule has 0 heterocycles. The zero-order valence-corrected chi connectivity index (χ0v) is 14.8. The van der Waals surface area contributed by atoms with Gasteiger partial charge >= 0.3 is 0 Å². The molecule has 0 saturated carbocycles. The average molecular weight is 350 g/mol. The number of aldehydes is 1. The summed E-state index contributed by atoms with van der Waals surface area (Å²) >= 11 is 0. The van der Waals surface area contributed by atoms with Crippen LogP contribution < -0.4 is 9.47 Å². The molecule has 0 amide bonds. The highest BCUT2D eigenvalue weighted by atomic mass is 16.5. The highest BCUT2D eigenvalue weighted by molar-refractivity contribution is 6.31. The standard InChI is InChI=1S/C21H18O5/c1-11(2)9-14-15(10-22)21(26-4)17-16(20(14)25-3)18(23)12-7-5-6-8-13(12)19(17)24/h5-8,10H,1,9H2,2-4H3. The van der Waals surface area contributed by atoms with Crippen LogP contribution in [0.4, 0.5) is 0 Å². The Bertz CT molecular complexity index is 969. The molecular formula is C21H18O5. The SMILES string of the molecule is C=C(C)Cc1c(C=O)c(OC)c2c(c1OC)C(=O)c1ccccc1C2=O. The molecule has 1 aliphatic carbocycles. The van der Waals surface area contributed by atoms with Crippen molar-refractivity contribution in [2.45, 2.75) is 13.3 Å². The van der Waals surface area contributed by atoms with Crippen LogP contribution in [0, 0.1) is 0 Å². The second-order valence-electron chi connectivity index (χ2n) is 6.16. The molecule has 0 radical (unpaired) electrons. The van der Waals surface area contributed by atoms with E-state index in [9.17, 15) is 14.4 Å². The molecule has 0 unspecified atom stereocenters. The molecule has 0 N–H and O–H groups in total. The van der Waals surface area contributed by atoms with Gasteiger partial charge in [0.1, 0.15) is 11.5 Å². The van der Waals surface area contributed by atoms with Gasteiger partial charge in [-0.3, -0.25) is 14.4 Å². The maximum absolute atomic E-state index is 13.1. The van der Waals surface area contributed by atoms with E-state index in [1.165, 1.54) is 14.2 Å². The van der Waals surface area contributed by atoms with E-state index in [1.54, 1.807) is 24.3 Å². The molecule has 5 heteroatoms. The third-order valence-electron chi connectivity index (χ3n) is 4.42. The summed E-state index contributed by atoms with van der Waals surface area (Å²) in [5, 5.41) is 0. The molecule has 0 spiro atoms. The topological polar surface area (TPSA) is 69.7 Å². The van der Waals surface area contributed by atoms with Crippen molar-refractivity contribution < 1.29 is 23.9 Å². The lowest BCUT2D eigenvalue weighted by Crippen LogP contribution is -2.24. The van der Waals surface area contributed by atoms with Crippen LogP contribution in [0.25, 0.3) is 0 Å². The van der Waals surface area contributed by atoms with Gasteiger partial charge in [-0.2, -0.15) is 0 Å². The lowest BCUT2D eigenvalue weighted by atomic mass is 9.80. The smallest absolute Gasteiger partial charge is 0.198 e. The third-order valence-corrected chi connectivity index (χ3v) is 4.42. The van der Waals surface area contributed by atoms with Crippen LogP contribution in [-0.2, 0) is 6.42 Å². The van der Waals surface area contributed by atoms with Crippen LogP contribution in [0.5, 0.6) is 11.5 Å². The van der Waals surface area contributed by atoms with E-state index in [4.69, 9.17) is 9.47 Å². The third kappa shape index (κ3) is 2.44. The molecule has 0 aromatic heterocycles. The van der Waals surface area contributed by atoms with E-state index in [0.29, 0.717) is 23.8 Å². The summed E-state index contributed by atoms with van der Waals surface area (Å²) < 4.78 is 10.9. The van der Waals surface area contributed by atoms with Crippen molar-refractivity contribution in [2.75, 3.05) is 14.2 Å². The van der Waals surface area contributed by atoms with E-state index in [-0.39, 0.29) is 45.3 Å². The number of ketones is 2. The fourth-order valence-electron chi connectivity index (χ4n) is 3.39. The molecule has 2 aromatic carbocycles. The minimum absolute atomic E-state index is 0.0700. The molecule has 3 rings (SSSR count). The molecule has 1 aliphatic rings. The molecule has 2 aromatic rings. The number of benzene rings is 2. The molecule has 0 aliphatic heterocycles. The van der Waals surface area contributed by atoms with E-state index in [2.05, 4.69) is 6.58 Å². The Kier molecular flexibility index (Phi) is 4.47. The van der Waals surface area contributed by atoms with Crippen LogP contribution >= 0.6 is 0 Å². The lowest BCUT2D eigenvalue weighted by Gasteiger charge is -2.25. The summed E-state index contributed by atoms with van der Waals surface area (Å²) in [6.45, 7) is 5.68. The number of allylic oxidation sites excluding steroid dienone is 1. The molecule has 26 heavy (non-hydrogen) atoms. The largest absolute Gasteiger partial charge is 0.496 e. The van der Waals surface area contributed by atoms with Crippen molar-refractivity contribution >= 4 is 17.9 Å². The number of methoxy groups -OCH3 is 2. The predicted molar refractivity (Wildman–Crippen MR) is 96.8 cm³/mol. The zero-order valence-electron chi connectivity index (χ0n) is 14.8. The zero-order chi connectivity index (χ0) is 19.0. The Labute approximate surface area is 151 Å². The number of carbonyl (C=O) groups is 3. The molecule has 0 fully saturated rings. The predicted octanol–water partition coefficient (Wildman–Crippen LogP) is 3.41. The molecule has 5 nitrogen and oxygen atoms in total. The van der Waals surface area contributed by atoms with Crippen molar-refractivity contribution in [1.29, 1.82) is 0 Å². The Balaban J connectivity index is 2.47. The number of carbonyl (C=O) groups excluding carboxylic acids is 3. The summed E-state index contributed by atoms with van der Waals surface area (Å²) in [4.78, 5) is 38.0. The number of hydrogen-bond donors (Lipinski definition) is 0. The van der Waals surface area contributed by atoms with Gasteiger partial charge in [-0.05, 0) is 13.3 Å². The van der Waals surface area contributed by atoms with Gasteiger partial charge in [0.25, 0.3) is 0 Å². The van der Waals surface area contributed by atoms with Crippen LogP contribution in [0.3, 0.4) is 0 Å². The maximum Gasteiger partial charge on any atom is 0.198 e. The van der Waals surface area contributed by atoms with E-state index >= 15 is 0 Å². The maximum atomic E-state index is 13.1. The first-order valence-corrected chi connectivity index (χ1v) is 8.05. The van der Waals surface area contributed by atoms with E-state index in [0.717, 1.165) is 5.57 Å². The molecule has 132 valence electrons. The van der Waals surface area contributed by atoms with Crippen molar-refractivity contribution in [3.63, 3.8) is 0 Å². The van der Waals surface area contributed by atoms with Crippen LogP contribution in [-0.4, -0.2) is 32.1 Å². The van der Waals surface area contributed by atoms with Crippen LogP contribution in [0.2, 0.25) is 0 Å². The van der Waals surface area contributed by atoms with Gasteiger partial charge in [-0.1, -0.05) is 36.4 Å². The Morgan fingerprint density at radius 3 is 1.92 bits per heavy atom. The fourth-order valence-corrected chi connectivity index (χ4v) is 3.39. The second-order valence-corrected chi connectivity index (χ2v) is 6.16. The molecule has 0 atom stereocenters. The van der Waals surface area contributed by atoms with E-state index < -0.39 is 0 Å². The van der Waals surface area contributed by atoms with Gasteiger partial charge in [0.05, 0.1) is 30.9 Å². The summed E-state index contributed by atoms with van der Waals surface area (Å²) in [6.07, 6.45) is 0.947. The Hall–Kier alpha value is -3.21. The van der Waals surface area contributed by atoms with Crippen molar-refractivity contribution in [1.82, 2.24) is 0 Å². The average Bonchev–Trinajstić information content (AvgIpc) is 2.64. The lowest BCUT2D eigenvalue weighted by molar-refractivity contribution is 0.0973. The van der Waals surface area contributed by atoms with Crippen molar-refractivity contribution in [2.24, 2.45) is 0 Å².